The van der Waals surface area contributed by atoms with Crippen molar-refractivity contribution in [1.29, 1.82) is 0 Å². The highest BCUT2D eigenvalue weighted by atomic mass is 15.1. The van der Waals surface area contributed by atoms with Gasteiger partial charge >= 0.3 is 0 Å². The van der Waals surface area contributed by atoms with E-state index in [0.717, 1.165) is 22.7 Å². The molecule has 1 aliphatic carbocycles. The van der Waals surface area contributed by atoms with Gasteiger partial charge in [0.15, 0.2) is 0 Å². The Bertz CT molecular complexity index is 3370. The summed E-state index contributed by atoms with van der Waals surface area (Å²) < 4.78 is 2.39. The molecule has 0 saturated heterocycles. The number of benzene rings is 10. The predicted octanol–water partition coefficient (Wildman–Crippen LogP) is 16.0. The van der Waals surface area contributed by atoms with Gasteiger partial charge < -0.3 is 9.47 Å². The van der Waals surface area contributed by atoms with E-state index in [1.165, 1.54) is 77.4 Å². The Kier molecular flexibility index (Phi) is 8.76. The first-order valence-electron chi connectivity index (χ1n) is 21.8. The summed E-state index contributed by atoms with van der Waals surface area (Å²) in [4.78, 5) is 2.39. The summed E-state index contributed by atoms with van der Waals surface area (Å²) in [6.45, 7) is 0. The Labute approximate surface area is 368 Å². The summed E-state index contributed by atoms with van der Waals surface area (Å²) in [6.07, 6.45) is 0. The monoisotopic (exact) mass is 802 g/mol. The van der Waals surface area contributed by atoms with Crippen LogP contribution in [0, 0.1) is 0 Å². The minimum absolute atomic E-state index is 0.591. The van der Waals surface area contributed by atoms with Crippen LogP contribution in [0.3, 0.4) is 0 Å². The quantitative estimate of drug-likeness (QED) is 0.149. The van der Waals surface area contributed by atoms with E-state index in [0.29, 0.717) is 0 Å². The molecule has 0 bridgehead atoms. The van der Waals surface area contributed by atoms with Gasteiger partial charge in [0.1, 0.15) is 0 Å². The van der Waals surface area contributed by atoms with Crippen LogP contribution in [0.25, 0.3) is 60.9 Å². The minimum atomic E-state index is -0.591. The summed E-state index contributed by atoms with van der Waals surface area (Å²) >= 11 is 0. The molecule has 10 aromatic carbocycles. The van der Waals surface area contributed by atoms with Gasteiger partial charge in [-0.1, -0.05) is 182 Å². The number of fused-ring (bicyclic) bond motifs is 6. The molecule has 0 aliphatic heterocycles. The molecule has 0 spiro atoms. The van der Waals surface area contributed by atoms with Crippen LogP contribution >= 0.6 is 0 Å². The maximum absolute atomic E-state index is 2.48. The van der Waals surface area contributed by atoms with Crippen molar-refractivity contribution < 1.29 is 0 Å². The number of anilines is 3. The molecule has 0 amide bonds. The van der Waals surface area contributed by atoms with Crippen molar-refractivity contribution in [2.24, 2.45) is 0 Å². The van der Waals surface area contributed by atoms with E-state index in [1.807, 2.05) is 0 Å². The maximum atomic E-state index is 2.48. The molecule has 0 unspecified atom stereocenters. The number of para-hydroxylation sites is 3. The number of hydrogen-bond donors (Lipinski definition) is 0. The number of rotatable bonds is 8. The van der Waals surface area contributed by atoms with E-state index < -0.39 is 5.41 Å². The van der Waals surface area contributed by atoms with Crippen molar-refractivity contribution >= 4 is 38.9 Å². The molecule has 0 N–H and O–H groups in total. The average molecular weight is 803 g/mol. The van der Waals surface area contributed by atoms with Crippen LogP contribution in [-0.4, -0.2) is 4.57 Å². The Morgan fingerprint density at radius 1 is 0.302 bits per heavy atom. The summed E-state index contributed by atoms with van der Waals surface area (Å²) in [5.41, 5.74) is 18.6. The van der Waals surface area contributed by atoms with E-state index in [2.05, 4.69) is 264 Å². The van der Waals surface area contributed by atoms with Crippen molar-refractivity contribution in [2.45, 2.75) is 5.41 Å². The largest absolute Gasteiger partial charge is 0.310 e. The summed E-state index contributed by atoms with van der Waals surface area (Å²) in [6, 6.07) is 93.3. The zero-order valence-corrected chi connectivity index (χ0v) is 34.6. The van der Waals surface area contributed by atoms with Gasteiger partial charge in [0, 0.05) is 33.5 Å². The van der Waals surface area contributed by atoms with Crippen LogP contribution in [0.15, 0.2) is 255 Å². The smallest absolute Gasteiger partial charge is 0.0714 e. The Hall–Kier alpha value is -8.20. The molecule has 1 heterocycles. The Balaban J connectivity index is 1.06. The molecule has 0 fully saturated rings. The van der Waals surface area contributed by atoms with Crippen molar-refractivity contribution in [1.82, 2.24) is 4.57 Å². The molecular weight excluding hydrogens is 761 g/mol. The first-order valence-corrected chi connectivity index (χ1v) is 21.8. The molecule has 0 atom stereocenters. The highest BCUT2D eigenvalue weighted by molar-refractivity contribution is 6.10. The van der Waals surface area contributed by atoms with Crippen molar-refractivity contribution in [3.8, 4) is 39.1 Å². The Morgan fingerprint density at radius 3 is 1.44 bits per heavy atom. The van der Waals surface area contributed by atoms with E-state index in [4.69, 9.17) is 0 Å². The third-order valence-corrected chi connectivity index (χ3v) is 13.1. The third-order valence-electron chi connectivity index (χ3n) is 13.1. The van der Waals surface area contributed by atoms with Crippen molar-refractivity contribution in [3.63, 3.8) is 0 Å². The SMILES string of the molecule is c1ccc(-c2ccc(N(c3ccccc3)c3ccc4c(c3)C(c3ccccc3)(c3ccccc3)c3cc(-c5ccc6c(c5)c5ccccc5n6-c5ccccc5)ccc3-4)cc2)cc1. The fraction of sp³-hybridized carbons (Fsp3) is 0.0164. The minimum Gasteiger partial charge on any atom is -0.310 e. The topological polar surface area (TPSA) is 8.17 Å². The van der Waals surface area contributed by atoms with Crippen LogP contribution < -0.4 is 4.90 Å². The van der Waals surface area contributed by atoms with Crippen molar-refractivity contribution in [3.05, 3.63) is 277 Å². The van der Waals surface area contributed by atoms with Gasteiger partial charge in [-0.3, -0.25) is 0 Å². The summed E-state index contributed by atoms with van der Waals surface area (Å²) in [7, 11) is 0. The lowest BCUT2D eigenvalue weighted by Gasteiger charge is -2.35. The van der Waals surface area contributed by atoms with Crippen LogP contribution in [0.5, 0.6) is 0 Å². The maximum Gasteiger partial charge on any atom is 0.0714 e. The summed E-state index contributed by atoms with van der Waals surface area (Å²) in [5.74, 6) is 0. The van der Waals surface area contributed by atoms with Crippen LogP contribution in [0.1, 0.15) is 22.3 Å². The molecule has 0 radical (unpaired) electrons. The van der Waals surface area contributed by atoms with E-state index in [1.54, 1.807) is 0 Å². The van der Waals surface area contributed by atoms with E-state index in [-0.39, 0.29) is 0 Å². The molecule has 296 valence electrons. The second kappa shape index (κ2) is 15.1. The highest BCUT2D eigenvalue weighted by Gasteiger charge is 2.46. The predicted molar refractivity (Wildman–Crippen MR) is 264 cm³/mol. The molecule has 2 heteroatoms. The lowest BCUT2D eigenvalue weighted by Crippen LogP contribution is -2.28. The lowest BCUT2D eigenvalue weighted by molar-refractivity contribution is 0.768. The normalized spacial score (nSPS) is 12.6. The van der Waals surface area contributed by atoms with Gasteiger partial charge in [0.05, 0.1) is 16.4 Å². The Morgan fingerprint density at radius 2 is 0.762 bits per heavy atom. The fourth-order valence-corrected chi connectivity index (χ4v) is 10.3. The highest BCUT2D eigenvalue weighted by Crippen LogP contribution is 2.58. The van der Waals surface area contributed by atoms with Gasteiger partial charge in [-0.05, 0) is 128 Å². The summed E-state index contributed by atoms with van der Waals surface area (Å²) in [5, 5.41) is 2.50. The van der Waals surface area contributed by atoms with Crippen molar-refractivity contribution in [2.75, 3.05) is 4.90 Å². The third kappa shape index (κ3) is 5.95. The average Bonchev–Trinajstić information content (AvgIpc) is 3.85. The van der Waals surface area contributed by atoms with Gasteiger partial charge in [-0.2, -0.15) is 0 Å². The lowest BCUT2D eigenvalue weighted by atomic mass is 9.67. The fourth-order valence-electron chi connectivity index (χ4n) is 10.3. The zero-order chi connectivity index (χ0) is 41.7. The van der Waals surface area contributed by atoms with Crippen LogP contribution in [0.4, 0.5) is 17.1 Å². The molecule has 1 aliphatic rings. The second-order valence-corrected chi connectivity index (χ2v) is 16.5. The molecule has 12 rings (SSSR count). The van der Waals surface area contributed by atoms with Gasteiger partial charge in [0.2, 0.25) is 0 Å². The zero-order valence-electron chi connectivity index (χ0n) is 34.6. The number of nitrogens with zero attached hydrogens (tertiary/aromatic N) is 2. The first kappa shape index (κ1) is 36.6. The van der Waals surface area contributed by atoms with E-state index in [9.17, 15) is 0 Å². The molecule has 0 saturated carbocycles. The van der Waals surface area contributed by atoms with Gasteiger partial charge in [0.25, 0.3) is 0 Å². The van der Waals surface area contributed by atoms with Gasteiger partial charge in [-0.15, -0.1) is 0 Å². The molecule has 1 aromatic heterocycles. The van der Waals surface area contributed by atoms with E-state index >= 15 is 0 Å². The second-order valence-electron chi connectivity index (χ2n) is 16.5. The molecule has 11 aromatic rings. The number of hydrogen-bond acceptors (Lipinski definition) is 1. The van der Waals surface area contributed by atoms with Gasteiger partial charge in [-0.25, -0.2) is 0 Å². The van der Waals surface area contributed by atoms with Crippen LogP contribution in [0.2, 0.25) is 0 Å². The first-order chi connectivity index (χ1) is 31.3. The van der Waals surface area contributed by atoms with Crippen LogP contribution in [-0.2, 0) is 5.41 Å². The molecule has 2 nitrogen and oxygen atoms in total. The standard InChI is InChI=1S/C61H42N2/c1-6-18-43(19-7-1)44-30-34-51(35-31-44)62(49-24-12-4-13-25-49)52-36-38-54-53-37-32-46(41-57(53)61(58(54)42-52,47-20-8-2-9-21-47)48-22-10-3-11-23-48)45-33-39-60-56(40-45)55-28-16-17-29-59(55)63(60)50-26-14-5-15-27-50/h1-42H. The molecule has 63 heavy (non-hydrogen) atoms. The number of aromatic nitrogens is 1. The molecular formula is C61H42N2.